The third kappa shape index (κ3) is 4.95. The molecular formula is C25H22N4O2S. The number of nitrogens with zero attached hydrogens (tertiary/aromatic N) is 3. The highest BCUT2D eigenvalue weighted by Gasteiger charge is 2.20. The topological polar surface area (TPSA) is 77.0 Å². The summed E-state index contributed by atoms with van der Waals surface area (Å²) in [7, 11) is 1.57. The number of amides is 1. The summed E-state index contributed by atoms with van der Waals surface area (Å²) in [6.45, 7) is 1.81. The molecule has 0 fully saturated rings. The Hall–Kier alpha value is -3.71. The second kappa shape index (κ2) is 10.1. The largest absolute Gasteiger partial charge is 0.495 e. The van der Waals surface area contributed by atoms with Crippen LogP contribution in [0, 0.1) is 0 Å². The number of ether oxygens (including phenoxy) is 1. The van der Waals surface area contributed by atoms with Crippen LogP contribution in [0.2, 0.25) is 0 Å². The Morgan fingerprint density at radius 2 is 1.44 bits per heavy atom. The first-order chi connectivity index (χ1) is 15.7. The van der Waals surface area contributed by atoms with Crippen molar-refractivity contribution >= 4 is 23.4 Å². The quantitative estimate of drug-likeness (QED) is 0.390. The van der Waals surface area contributed by atoms with E-state index in [1.165, 1.54) is 11.8 Å². The van der Waals surface area contributed by atoms with Crippen molar-refractivity contribution in [1.82, 2.24) is 15.2 Å². The molecule has 32 heavy (non-hydrogen) atoms. The zero-order valence-electron chi connectivity index (χ0n) is 17.7. The molecule has 0 radical (unpaired) electrons. The van der Waals surface area contributed by atoms with Gasteiger partial charge in [-0.1, -0.05) is 84.6 Å². The fourth-order valence-electron chi connectivity index (χ4n) is 3.14. The molecule has 1 aromatic heterocycles. The number of benzene rings is 3. The number of para-hydroxylation sites is 2. The van der Waals surface area contributed by atoms with E-state index in [0.29, 0.717) is 22.3 Å². The summed E-state index contributed by atoms with van der Waals surface area (Å²) in [5.74, 6) is 0.436. The van der Waals surface area contributed by atoms with Gasteiger partial charge in [-0.2, -0.15) is 0 Å². The van der Waals surface area contributed by atoms with E-state index in [2.05, 4.69) is 15.5 Å². The number of rotatable bonds is 7. The van der Waals surface area contributed by atoms with Gasteiger partial charge in [-0.3, -0.25) is 4.79 Å². The summed E-state index contributed by atoms with van der Waals surface area (Å²) >= 11 is 1.26. The van der Waals surface area contributed by atoms with E-state index in [0.717, 1.165) is 16.8 Å². The van der Waals surface area contributed by atoms with E-state index in [1.54, 1.807) is 19.2 Å². The van der Waals surface area contributed by atoms with E-state index in [1.807, 2.05) is 79.7 Å². The Bertz CT molecular complexity index is 1200. The van der Waals surface area contributed by atoms with Crippen LogP contribution in [0.5, 0.6) is 5.75 Å². The number of carbonyl (C=O) groups excluding carboxylic acids is 1. The van der Waals surface area contributed by atoms with Crippen LogP contribution in [-0.4, -0.2) is 33.4 Å². The Labute approximate surface area is 191 Å². The molecule has 0 saturated carbocycles. The second-order valence-corrected chi connectivity index (χ2v) is 8.28. The molecule has 0 aliphatic rings. The molecule has 0 aliphatic heterocycles. The number of anilines is 1. The predicted octanol–water partition coefficient (Wildman–Crippen LogP) is 5.33. The van der Waals surface area contributed by atoms with Gasteiger partial charge >= 0.3 is 0 Å². The van der Waals surface area contributed by atoms with Crippen molar-refractivity contribution < 1.29 is 9.53 Å². The highest BCUT2D eigenvalue weighted by atomic mass is 32.2. The molecule has 1 atom stereocenters. The molecule has 3 aromatic carbocycles. The fourth-order valence-corrected chi connectivity index (χ4v) is 3.86. The minimum Gasteiger partial charge on any atom is -0.495 e. The maximum atomic E-state index is 12.8. The van der Waals surface area contributed by atoms with Crippen molar-refractivity contribution in [3.63, 3.8) is 0 Å². The van der Waals surface area contributed by atoms with Gasteiger partial charge in [-0.25, -0.2) is 4.98 Å². The maximum absolute atomic E-state index is 12.8. The number of aromatic nitrogens is 3. The highest BCUT2D eigenvalue weighted by molar-refractivity contribution is 8.00. The van der Waals surface area contributed by atoms with Crippen molar-refractivity contribution in [2.45, 2.75) is 17.3 Å². The summed E-state index contributed by atoms with van der Waals surface area (Å²) in [5, 5.41) is 11.7. The van der Waals surface area contributed by atoms with Crippen molar-refractivity contribution in [1.29, 1.82) is 0 Å². The van der Waals surface area contributed by atoms with Gasteiger partial charge in [-0.15, -0.1) is 10.2 Å². The maximum Gasteiger partial charge on any atom is 0.237 e. The Kier molecular flexibility index (Phi) is 6.77. The van der Waals surface area contributed by atoms with Crippen LogP contribution in [0.15, 0.2) is 90.1 Å². The lowest BCUT2D eigenvalue weighted by Gasteiger charge is -2.14. The van der Waals surface area contributed by atoms with E-state index in [4.69, 9.17) is 9.72 Å². The zero-order chi connectivity index (χ0) is 22.3. The molecule has 4 aromatic rings. The van der Waals surface area contributed by atoms with Crippen LogP contribution in [0.4, 0.5) is 5.69 Å². The Balaban J connectivity index is 1.59. The van der Waals surface area contributed by atoms with Crippen molar-refractivity contribution in [3.8, 4) is 28.3 Å². The molecular weight excluding hydrogens is 420 g/mol. The lowest BCUT2D eigenvalue weighted by Crippen LogP contribution is -2.23. The number of thioether (sulfide) groups is 1. The molecule has 160 valence electrons. The van der Waals surface area contributed by atoms with Crippen LogP contribution in [0.3, 0.4) is 0 Å². The molecule has 1 heterocycles. The van der Waals surface area contributed by atoms with E-state index in [9.17, 15) is 4.79 Å². The summed E-state index contributed by atoms with van der Waals surface area (Å²) < 4.78 is 5.31. The number of hydrogen-bond donors (Lipinski definition) is 1. The molecule has 6 nitrogen and oxygen atoms in total. The highest BCUT2D eigenvalue weighted by Crippen LogP contribution is 2.31. The molecule has 0 bridgehead atoms. The summed E-state index contributed by atoms with van der Waals surface area (Å²) in [4.78, 5) is 17.5. The van der Waals surface area contributed by atoms with Crippen LogP contribution >= 0.6 is 11.8 Å². The molecule has 7 heteroatoms. The van der Waals surface area contributed by atoms with Crippen LogP contribution in [0.1, 0.15) is 6.92 Å². The minimum absolute atomic E-state index is 0.170. The molecule has 0 aliphatic carbocycles. The van der Waals surface area contributed by atoms with Gasteiger partial charge in [0.25, 0.3) is 0 Å². The Morgan fingerprint density at radius 1 is 0.844 bits per heavy atom. The van der Waals surface area contributed by atoms with Gasteiger partial charge in [0.1, 0.15) is 17.1 Å². The van der Waals surface area contributed by atoms with Gasteiger partial charge in [0, 0.05) is 11.1 Å². The number of hydrogen-bond acceptors (Lipinski definition) is 6. The molecule has 1 amide bonds. The van der Waals surface area contributed by atoms with Crippen molar-refractivity contribution in [2.24, 2.45) is 0 Å². The van der Waals surface area contributed by atoms with Gasteiger partial charge in [0.15, 0.2) is 0 Å². The van der Waals surface area contributed by atoms with Crippen molar-refractivity contribution in [3.05, 3.63) is 84.9 Å². The van der Waals surface area contributed by atoms with E-state index >= 15 is 0 Å². The Morgan fingerprint density at radius 3 is 2.09 bits per heavy atom. The molecule has 1 N–H and O–H groups in total. The standard InChI is InChI=1S/C25H22N4O2S/c1-17(24(30)26-20-15-9-10-16-21(20)31-2)32-25-27-22(18-11-5-3-6-12-18)23(28-29-25)19-13-7-4-8-14-19/h3-17H,1-2H3,(H,26,30). The average Bonchev–Trinajstić information content (AvgIpc) is 2.85. The number of nitrogens with one attached hydrogen (secondary N) is 1. The number of carbonyl (C=O) groups is 1. The molecule has 0 spiro atoms. The second-order valence-electron chi connectivity index (χ2n) is 6.97. The normalized spacial score (nSPS) is 11.6. The van der Waals surface area contributed by atoms with E-state index in [-0.39, 0.29) is 5.91 Å². The van der Waals surface area contributed by atoms with Crippen LogP contribution in [0.25, 0.3) is 22.5 Å². The summed E-state index contributed by atoms with van der Waals surface area (Å²) in [5.41, 5.74) is 3.92. The fraction of sp³-hybridized carbons (Fsp3) is 0.120. The average molecular weight is 443 g/mol. The van der Waals surface area contributed by atoms with Gasteiger partial charge < -0.3 is 10.1 Å². The third-order valence-electron chi connectivity index (χ3n) is 4.78. The smallest absolute Gasteiger partial charge is 0.237 e. The van der Waals surface area contributed by atoms with E-state index < -0.39 is 5.25 Å². The third-order valence-corrected chi connectivity index (χ3v) is 5.73. The molecule has 4 rings (SSSR count). The van der Waals surface area contributed by atoms with Gasteiger partial charge in [0.2, 0.25) is 11.1 Å². The summed E-state index contributed by atoms with van der Waals surface area (Å²) in [6, 6.07) is 27.0. The zero-order valence-corrected chi connectivity index (χ0v) is 18.5. The monoisotopic (exact) mass is 442 g/mol. The number of methoxy groups -OCH3 is 1. The molecule has 0 saturated heterocycles. The lowest BCUT2D eigenvalue weighted by molar-refractivity contribution is -0.115. The van der Waals surface area contributed by atoms with Crippen molar-refractivity contribution in [2.75, 3.05) is 12.4 Å². The lowest BCUT2D eigenvalue weighted by atomic mass is 10.0. The van der Waals surface area contributed by atoms with Gasteiger partial charge in [-0.05, 0) is 19.1 Å². The first kappa shape index (κ1) is 21.5. The summed E-state index contributed by atoms with van der Waals surface area (Å²) in [6.07, 6.45) is 0. The SMILES string of the molecule is COc1ccccc1NC(=O)C(C)Sc1nnc(-c2ccccc2)c(-c2ccccc2)n1. The molecule has 1 unspecified atom stereocenters. The van der Waals surface area contributed by atoms with Crippen LogP contribution in [-0.2, 0) is 4.79 Å². The minimum atomic E-state index is -0.437. The predicted molar refractivity (Wildman–Crippen MR) is 128 cm³/mol. The first-order valence-corrected chi connectivity index (χ1v) is 11.0. The van der Waals surface area contributed by atoms with Crippen LogP contribution < -0.4 is 10.1 Å². The first-order valence-electron chi connectivity index (χ1n) is 10.1. The van der Waals surface area contributed by atoms with Gasteiger partial charge in [0.05, 0.1) is 18.0 Å².